The molecule has 0 radical (unpaired) electrons. The van der Waals surface area contributed by atoms with Crippen molar-refractivity contribution < 1.29 is 9.53 Å². The highest BCUT2D eigenvalue weighted by Crippen LogP contribution is 2.10. The van der Waals surface area contributed by atoms with Crippen LogP contribution in [0.3, 0.4) is 0 Å². The van der Waals surface area contributed by atoms with Crippen LogP contribution >= 0.6 is 15.9 Å². The third-order valence-electron chi connectivity index (χ3n) is 2.08. The summed E-state index contributed by atoms with van der Waals surface area (Å²) in [7, 11) is 0. The molecule has 0 unspecified atom stereocenters. The molecule has 1 amide bonds. The Morgan fingerprint density at radius 1 is 1.38 bits per heavy atom. The average molecular weight is 286 g/mol. The number of rotatable bonds is 5. The SMILES string of the molecule is CCCCOC(=O)NCc1ccc(Br)cc1. The number of hydrogen-bond donors (Lipinski definition) is 1. The van der Waals surface area contributed by atoms with E-state index in [2.05, 4.69) is 28.2 Å². The van der Waals surface area contributed by atoms with Gasteiger partial charge in [0.05, 0.1) is 6.61 Å². The van der Waals surface area contributed by atoms with E-state index < -0.39 is 0 Å². The summed E-state index contributed by atoms with van der Waals surface area (Å²) in [6.45, 7) is 3.05. The highest BCUT2D eigenvalue weighted by atomic mass is 79.9. The van der Waals surface area contributed by atoms with Gasteiger partial charge in [-0.05, 0) is 24.1 Å². The van der Waals surface area contributed by atoms with Gasteiger partial charge in [0.15, 0.2) is 0 Å². The van der Waals surface area contributed by atoms with E-state index in [9.17, 15) is 4.79 Å². The molecule has 0 aromatic heterocycles. The van der Waals surface area contributed by atoms with E-state index >= 15 is 0 Å². The van der Waals surface area contributed by atoms with E-state index in [0.717, 1.165) is 22.9 Å². The van der Waals surface area contributed by atoms with Crippen LogP contribution in [0, 0.1) is 0 Å². The molecule has 0 saturated heterocycles. The Balaban J connectivity index is 2.23. The summed E-state index contributed by atoms with van der Waals surface area (Å²) >= 11 is 3.36. The number of benzene rings is 1. The largest absolute Gasteiger partial charge is 0.450 e. The molecule has 1 aromatic carbocycles. The van der Waals surface area contributed by atoms with Crippen LogP contribution in [0.2, 0.25) is 0 Å². The molecule has 0 aliphatic heterocycles. The molecule has 1 rings (SSSR count). The van der Waals surface area contributed by atoms with Crippen molar-refractivity contribution in [3.05, 3.63) is 34.3 Å². The number of halogens is 1. The molecule has 0 saturated carbocycles. The summed E-state index contributed by atoms with van der Waals surface area (Å²) < 4.78 is 6.00. The lowest BCUT2D eigenvalue weighted by Crippen LogP contribution is -2.24. The first-order valence-electron chi connectivity index (χ1n) is 5.37. The first-order valence-corrected chi connectivity index (χ1v) is 6.16. The van der Waals surface area contributed by atoms with Crippen molar-refractivity contribution >= 4 is 22.0 Å². The zero-order valence-corrected chi connectivity index (χ0v) is 10.9. The molecule has 3 nitrogen and oxygen atoms in total. The van der Waals surface area contributed by atoms with E-state index in [1.807, 2.05) is 24.3 Å². The third kappa shape index (κ3) is 5.16. The number of nitrogens with one attached hydrogen (secondary N) is 1. The lowest BCUT2D eigenvalue weighted by atomic mass is 10.2. The van der Waals surface area contributed by atoms with Gasteiger partial charge in [-0.15, -0.1) is 0 Å². The average Bonchev–Trinajstić information content (AvgIpc) is 2.29. The first kappa shape index (κ1) is 13.0. The van der Waals surface area contributed by atoms with E-state index in [1.54, 1.807) is 0 Å². The monoisotopic (exact) mass is 285 g/mol. The second-order valence-corrected chi connectivity index (χ2v) is 4.39. The van der Waals surface area contributed by atoms with Gasteiger partial charge in [-0.3, -0.25) is 0 Å². The van der Waals surface area contributed by atoms with Gasteiger partial charge in [-0.2, -0.15) is 0 Å². The number of alkyl carbamates (subject to hydrolysis) is 1. The summed E-state index contributed by atoms with van der Waals surface area (Å²) in [6, 6.07) is 7.80. The maximum atomic E-state index is 11.2. The summed E-state index contributed by atoms with van der Waals surface area (Å²) in [5, 5.41) is 2.70. The van der Waals surface area contributed by atoms with Gasteiger partial charge in [-0.1, -0.05) is 41.4 Å². The van der Waals surface area contributed by atoms with E-state index in [1.165, 1.54) is 0 Å². The highest BCUT2D eigenvalue weighted by Gasteiger charge is 2.00. The van der Waals surface area contributed by atoms with E-state index in [0.29, 0.717) is 13.2 Å². The molecule has 88 valence electrons. The third-order valence-corrected chi connectivity index (χ3v) is 2.61. The molecule has 0 aliphatic rings. The summed E-state index contributed by atoms with van der Waals surface area (Å²) in [4.78, 5) is 11.2. The molecule has 0 fully saturated rings. The fourth-order valence-electron chi connectivity index (χ4n) is 1.14. The van der Waals surface area contributed by atoms with Crippen LogP contribution in [0.5, 0.6) is 0 Å². The van der Waals surface area contributed by atoms with Crippen LogP contribution in [0.25, 0.3) is 0 Å². The van der Waals surface area contributed by atoms with Crippen molar-refractivity contribution in [1.29, 1.82) is 0 Å². The van der Waals surface area contributed by atoms with Crippen molar-refractivity contribution in [3.8, 4) is 0 Å². The van der Waals surface area contributed by atoms with Crippen LogP contribution in [0.4, 0.5) is 4.79 Å². The summed E-state index contributed by atoms with van der Waals surface area (Å²) in [5.74, 6) is 0. The van der Waals surface area contributed by atoms with Crippen molar-refractivity contribution in [2.24, 2.45) is 0 Å². The van der Waals surface area contributed by atoms with Gasteiger partial charge >= 0.3 is 6.09 Å². The predicted molar refractivity (Wildman–Crippen MR) is 67.2 cm³/mol. The van der Waals surface area contributed by atoms with Crippen LogP contribution in [0.15, 0.2) is 28.7 Å². The minimum Gasteiger partial charge on any atom is -0.450 e. The zero-order chi connectivity index (χ0) is 11.8. The Labute approximate surface area is 104 Å². The molecule has 0 heterocycles. The van der Waals surface area contributed by atoms with Gasteiger partial charge in [0.1, 0.15) is 0 Å². The predicted octanol–water partition coefficient (Wildman–Crippen LogP) is 3.48. The number of unbranched alkanes of at least 4 members (excludes halogenated alkanes) is 1. The van der Waals surface area contributed by atoms with Crippen molar-refractivity contribution in [1.82, 2.24) is 5.32 Å². The molecule has 16 heavy (non-hydrogen) atoms. The lowest BCUT2D eigenvalue weighted by molar-refractivity contribution is 0.144. The van der Waals surface area contributed by atoms with Crippen molar-refractivity contribution in [2.75, 3.05) is 6.61 Å². The van der Waals surface area contributed by atoms with Crippen molar-refractivity contribution in [3.63, 3.8) is 0 Å². The molecular weight excluding hydrogens is 270 g/mol. The number of amides is 1. The maximum absolute atomic E-state index is 11.2. The molecular formula is C12H16BrNO2. The van der Waals surface area contributed by atoms with Crippen LogP contribution in [-0.4, -0.2) is 12.7 Å². The van der Waals surface area contributed by atoms with E-state index in [-0.39, 0.29) is 6.09 Å². The lowest BCUT2D eigenvalue weighted by Gasteiger charge is -2.06. The molecule has 4 heteroatoms. The fraction of sp³-hybridized carbons (Fsp3) is 0.417. The van der Waals surface area contributed by atoms with Gasteiger partial charge in [0.25, 0.3) is 0 Å². The molecule has 1 aromatic rings. The molecule has 1 N–H and O–H groups in total. The van der Waals surface area contributed by atoms with Crippen LogP contribution < -0.4 is 5.32 Å². The normalized spacial score (nSPS) is 9.88. The van der Waals surface area contributed by atoms with Gasteiger partial charge < -0.3 is 10.1 Å². The Hall–Kier alpha value is -1.03. The molecule has 0 spiro atoms. The quantitative estimate of drug-likeness (QED) is 0.842. The zero-order valence-electron chi connectivity index (χ0n) is 9.33. The number of carbonyl (C=O) groups excluding carboxylic acids is 1. The first-order chi connectivity index (χ1) is 7.72. The Morgan fingerprint density at radius 3 is 2.69 bits per heavy atom. The summed E-state index contributed by atoms with van der Waals surface area (Å²) in [6.07, 6.45) is 1.59. The van der Waals surface area contributed by atoms with Crippen molar-refractivity contribution in [2.45, 2.75) is 26.3 Å². The minimum atomic E-state index is -0.351. The summed E-state index contributed by atoms with van der Waals surface area (Å²) in [5.41, 5.74) is 1.05. The topological polar surface area (TPSA) is 38.3 Å². The van der Waals surface area contributed by atoms with Crippen LogP contribution in [0.1, 0.15) is 25.3 Å². The number of hydrogen-bond acceptors (Lipinski definition) is 2. The second-order valence-electron chi connectivity index (χ2n) is 3.47. The smallest absolute Gasteiger partial charge is 0.407 e. The molecule has 0 aliphatic carbocycles. The maximum Gasteiger partial charge on any atom is 0.407 e. The second kappa shape index (κ2) is 7.28. The fourth-order valence-corrected chi connectivity index (χ4v) is 1.40. The number of carbonyl (C=O) groups is 1. The van der Waals surface area contributed by atoms with Gasteiger partial charge in [0.2, 0.25) is 0 Å². The molecule has 0 atom stereocenters. The standard InChI is InChI=1S/C12H16BrNO2/c1-2-3-8-16-12(15)14-9-10-4-6-11(13)7-5-10/h4-7H,2-3,8-9H2,1H3,(H,14,15). The van der Waals surface area contributed by atoms with Crippen LogP contribution in [-0.2, 0) is 11.3 Å². The Bertz CT molecular complexity index is 324. The molecule has 0 bridgehead atoms. The Kier molecular flexibility index (Phi) is 5.93. The number of ether oxygens (including phenoxy) is 1. The minimum absolute atomic E-state index is 0.351. The van der Waals surface area contributed by atoms with Gasteiger partial charge in [-0.25, -0.2) is 4.79 Å². The van der Waals surface area contributed by atoms with Gasteiger partial charge in [0, 0.05) is 11.0 Å². The Morgan fingerprint density at radius 2 is 2.06 bits per heavy atom. The highest BCUT2D eigenvalue weighted by molar-refractivity contribution is 9.10. The van der Waals surface area contributed by atoms with E-state index in [4.69, 9.17) is 4.74 Å².